The molecule has 0 saturated heterocycles. The Kier molecular flexibility index (Phi) is 6.68. The Morgan fingerprint density at radius 2 is 2.14 bits per heavy atom. The van der Waals surface area contributed by atoms with Gasteiger partial charge in [0.25, 0.3) is 0 Å². The molecule has 6 nitrogen and oxygen atoms in total. The second-order valence-electron chi connectivity index (χ2n) is 4.97. The number of rotatable bonds is 7. The van der Waals surface area contributed by atoms with Gasteiger partial charge in [-0.25, -0.2) is 4.79 Å². The van der Waals surface area contributed by atoms with Crippen LogP contribution in [0.4, 0.5) is 10.5 Å². The summed E-state index contributed by atoms with van der Waals surface area (Å²) >= 11 is 0. The van der Waals surface area contributed by atoms with Gasteiger partial charge < -0.3 is 21.1 Å². The van der Waals surface area contributed by atoms with Gasteiger partial charge in [0.05, 0.1) is 6.10 Å². The molecular formula is C15H23N3O3. The first kappa shape index (κ1) is 17.0. The van der Waals surface area contributed by atoms with E-state index in [-0.39, 0.29) is 12.6 Å². The molecule has 0 aliphatic rings. The molecule has 0 aliphatic heterocycles. The molecular weight excluding hydrogens is 270 g/mol. The van der Waals surface area contributed by atoms with Crippen molar-refractivity contribution >= 4 is 17.6 Å². The maximum absolute atomic E-state index is 12.2. The molecule has 1 aromatic rings. The van der Waals surface area contributed by atoms with Crippen molar-refractivity contribution < 1.29 is 14.7 Å². The minimum Gasteiger partial charge on any atom is -0.389 e. The van der Waals surface area contributed by atoms with Gasteiger partial charge in [-0.1, -0.05) is 25.5 Å². The number of amides is 3. The van der Waals surface area contributed by atoms with Crippen molar-refractivity contribution in [1.82, 2.24) is 4.90 Å². The molecule has 0 bridgehead atoms. The van der Waals surface area contributed by atoms with Gasteiger partial charge in [0, 0.05) is 12.2 Å². The summed E-state index contributed by atoms with van der Waals surface area (Å²) in [6.45, 7) is 4.03. The minimum atomic E-state index is -0.608. The SMILES string of the molecule is CCCCN(CC(N)=O)C(=O)Nc1cccc(C(C)O)c1. The lowest BCUT2D eigenvalue weighted by Gasteiger charge is -2.21. The zero-order valence-corrected chi connectivity index (χ0v) is 12.5. The molecule has 4 N–H and O–H groups in total. The average molecular weight is 293 g/mol. The Labute approximate surface area is 124 Å². The maximum Gasteiger partial charge on any atom is 0.322 e. The number of carbonyl (C=O) groups is 2. The van der Waals surface area contributed by atoms with E-state index in [1.807, 2.05) is 6.92 Å². The van der Waals surface area contributed by atoms with Gasteiger partial charge in [-0.05, 0) is 31.0 Å². The van der Waals surface area contributed by atoms with Crippen LogP contribution in [0.25, 0.3) is 0 Å². The Morgan fingerprint density at radius 1 is 1.43 bits per heavy atom. The normalized spacial score (nSPS) is 11.8. The van der Waals surface area contributed by atoms with E-state index in [9.17, 15) is 14.7 Å². The summed E-state index contributed by atoms with van der Waals surface area (Å²) in [5, 5.41) is 12.3. The lowest BCUT2D eigenvalue weighted by atomic mass is 10.1. The van der Waals surface area contributed by atoms with Crippen molar-refractivity contribution in [2.24, 2.45) is 5.73 Å². The highest BCUT2D eigenvalue weighted by atomic mass is 16.3. The van der Waals surface area contributed by atoms with Gasteiger partial charge in [0.15, 0.2) is 0 Å². The summed E-state index contributed by atoms with van der Waals surface area (Å²) in [5.74, 6) is -0.543. The first-order chi connectivity index (χ1) is 9.93. The standard InChI is InChI=1S/C15H23N3O3/c1-3-4-8-18(10-14(16)20)15(21)17-13-7-5-6-12(9-13)11(2)19/h5-7,9,11,19H,3-4,8,10H2,1-2H3,(H2,16,20)(H,17,21). The van der Waals surface area contributed by atoms with E-state index < -0.39 is 12.0 Å². The quantitative estimate of drug-likeness (QED) is 0.716. The zero-order valence-electron chi connectivity index (χ0n) is 12.5. The lowest BCUT2D eigenvalue weighted by molar-refractivity contribution is -0.118. The largest absolute Gasteiger partial charge is 0.389 e. The number of hydrogen-bond acceptors (Lipinski definition) is 3. The maximum atomic E-state index is 12.2. The van der Waals surface area contributed by atoms with Crippen LogP contribution >= 0.6 is 0 Å². The zero-order chi connectivity index (χ0) is 15.8. The molecule has 6 heteroatoms. The number of nitrogens with one attached hydrogen (secondary N) is 1. The van der Waals surface area contributed by atoms with Crippen molar-refractivity contribution in [3.8, 4) is 0 Å². The van der Waals surface area contributed by atoms with E-state index in [1.54, 1.807) is 31.2 Å². The molecule has 1 rings (SSSR count). The van der Waals surface area contributed by atoms with Crippen LogP contribution < -0.4 is 11.1 Å². The lowest BCUT2D eigenvalue weighted by Crippen LogP contribution is -2.41. The highest BCUT2D eigenvalue weighted by Crippen LogP contribution is 2.17. The van der Waals surface area contributed by atoms with Gasteiger partial charge in [-0.2, -0.15) is 0 Å². The third-order valence-corrected chi connectivity index (χ3v) is 3.04. The molecule has 0 saturated carbocycles. The van der Waals surface area contributed by atoms with Crippen LogP contribution in [0.2, 0.25) is 0 Å². The van der Waals surface area contributed by atoms with E-state index >= 15 is 0 Å². The Bertz CT molecular complexity index is 489. The van der Waals surface area contributed by atoms with Crippen molar-refractivity contribution in [3.63, 3.8) is 0 Å². The van der Waals surface area contributed by atoms with Crippen LogP contribution in [0.1, 0.15) is 38.4 Å². The number of hydrogen-bond donors (Lipinski definition) is 3. The first-order valence-corrected chi connectivity index (χ1v) is 7.06. The highest BCUT2D eigenvalue weighted by molar-refractivity contribution is 5.92. The molecule has 116 valence electrons. The summed E-state index contributed by atoms with van der Waals surface area (Å²) in [5.41, 5.74) is 6.45. The smallest absolute Gasteiger partial charge is 0.322 e. The van der Waals surface area contributed by atoms with Crippen LogP contribution in [-0.4, -0.2) is 35.0 Å². The van der Waals surface area contributed by atoms with Gasteiger partial charge in [0.2, 0.25) is 5.91 Å². The predicted octanol–water partition coefficient (Wildman–Crippen LogP) is 1.86. The summed E-state index contributed by atoms with van der Waals surface area (Å²) in [6.07, 6.45) is 1.11. The fourth-order valence-corrected chi connectivity index (χ4v) is 1.87. The second-order valence-corrected chi connectivity index (χ2v) is 4.97. The molecule has 1 unspecified atom stereocenters. The summed E-state index contributed by atoms with van der Waals surface area (Å²) in [4.78, 5) is 24.6. The number of aliphatic hydroxyl groups is 1. The average Bonchev–Trinajstić information content (AvgIpc) is 2.43. The summed E-state index contributed by atoms with van der Waals surface area (Å²) in [6, 6.07) is 6.59. The molecule has 0 aliphatic carbocycles. The molecule has 3 amide bonds. The van der Waals surface area contributed by atoms with Crippen LogP contribution in [0.3, 0.4) is 0 Å². The molecule has 1 aromatic carbocycles. The monoisotopic (exact) mass is 293 g/mol. The third kappa shape index (κ3) is 5.83. The van der Waals surface area contributed by atoms with Crippen molar-refractivity contribution in [1.29, 1.82) is 0 Å². The number of benzene rings is 1. The molecule has 0 radical (unpaired) electrons. The number of urea groups is 1. The molecule has 21 heavy (non-hydrogen) atoms. The number of aliphatic hydroxyl groups excluding tert-OH is 1. The molecule has 0 aromatic heterocycles. The molecule has 0 heterocycles. The van der Waals surface area contributed by atoms with Crippen LogP contribution in [-0.2, 0) is 4.79 Å². The molecule has 0 fully saturated rings. The molecule has 0 spiro atoms. The Morgan fingerprint density at radius 3 is 2.71 bits per heavy atom. The van der Waals surface area contributed by atoms with E-state index in [4.69, 9.17) is 5.73 Å². The van der Waals surface area contributed by atoms with Crippen LogP contribution in [0.15, 0.2) is 24.3 Å². The first-order valence-electron chi connectivity index (χ1n) is 7.06. The van der Waals surface area contributed by atoms with Crippen LogP contribution in [0, 0.1) is 0 Å². The third-order valence-electron chi connectivity index (χ3n) is 3.04. The summed E-state index contributed by atoms with van der Waals surface area (Å²) < 4.78 is 0. The number of anilines is 1. The fourth-order valence-electron chi connectivity index (χ4n) is 1.87. The second kappa shape index (κ2) is 8.26. The predicted molar refractivity (Wildman–Crippen MR) is 81.8 cm³/mol. The van der Waals surface area contributed by atoms with E-state index in [0.717, 1.165) is 12.8 Å². The van der Waals surface area contributed by atoms with Crippen molar-refractivity contribution in [2.75, 3.05) is 18.4 Å². The van der Waals surface area contributed by atoms with Gasteiger partial charge >= 0.3 is 6.03 Å². The fraction of sp³-hybridized carbons (Fsp3) is 0.467. The Balaban J connectivity index is 2.75. The van der Waals surface area contributed by atoms with Gasteiger partial charge in [-0.15, -0.1) is 0 Å². The summed E-state index contributed by atoms with van der Waals surface area (Å²) in [7, 11) is 0. The van der Waals surface area contributed by atoms with E-state index in [2.05, 4.69) is 5.32 Å². The number of carbonyl (C=O) groups excluding carboxylic acids is 2. The van der Waals surface area contributed by atoms with E-state index in [0.29, 0.717) is 17.8 Å². The van der Waals surface area contributed by atoms with Crippen molar-refractivity contribution in [2.45, 2.75) is 32.8 Å². The van der Waals surface area contributed by atoms with Gasteiger partial charge in [0.1, 0.15) is 6.54 Å². The number of unbranched alkanes of at least 4 members (excludes halogenated alkanes) is 1. The van der Waals surface area contributed by atoms with Crippen molar-refractivity contribution in [3.05, 3.63) is 29.8 Å². The van der Waals surface area contributed by atoms with E-state index in [1.165, 1.54) is 4.90 Å². The van der Waals surface area contributed by atoms with Gasteiger partial charge in [-0.3, -0.25) is 4.79 Å². The van der Waals surface area contributed by atoms with Crippen LogP contribution in [0.5, 0.6) is 0 Å². The highest BCUT2D eigenvalue weighted by Gasteiger charge is 2.15. The topological polar surface area (TPSA) is 95.7 Å². The number of nitrogens with two attached hydrogens (primary N) is 1. The Hall–Kier alpha value is -2.08. The number of primary amides is 1. The molecule has 1 atom stereocenters. The number of nitrogens with zero attached hydrogens (tertiary/aromatic N) is 1. The minimum absolute atomic E-state index is 0.109.